The summed E-state index contributed by atoms with van der Waals surface area (Å²) < 4.78 is 4.99. The van der Waals surface area contributed by atoms with Crippen LogP contribution in [-0.4, -0.2) is 32.1 Å². The topological polar surface area (TPSA) is 21.7 Å². The first-order chi connectivity index (χ1) is 3.88. The van der Waals surface area contributed by atoms with Crippen molar-refractivity contribution in [3.05, 3.63) is 0 Å². The van der Waals surface area contributed by atoms with E-state index in [0.717, 1.165) is 13.0 Å². The Bertz CT molecular complexity index is 62.8. The molecule has 0 bridgehead atoms. The van der Waals surface area contributed by atoms with E-state index in [1.54, 1.807) is 19.3 Å². The molecule has 3 heteroatoms. The number of hydroxylamine groups is 2. The van der Waals surface area contributed by atoms with Gasteiger partial charge in [-0.1, -0.05) is 0 Å². The quantitative estimate of drug-likeness (QED) is 0.516. The minimum absolute atomic E-state index is 0.208. The van der Waals surface area contributed by atoms with Crippen LogP contribution in [0.5, 0.6) is 0 Å². The van der Waals surface area contributed by atoms with Crippen LogP contribution in [0.1, 0.15) is 6.42 Å². The fourth-order valence-electron chi connectivity index (χ4n) is 0.784. The highest BCUT2D eigenvalue weighted by atomic mass is 16.7. The van der Waals surface area contributed by atoms with Crippen LogP contribution in [0.25, 0.3) is 0 Å². The second-order valence-electron chi connectivity index (χ2n) is 1.80. The maximum atomic E-state index is 4.99. The van der Waals surface area contributed by atoms with E-state index in [0.29, 0.717) is 0 Å². The van der Waals surface area contributed by atoms with Gasteiger partial charge in [-0.05, 0) is 0 Å². The smallest absolute Gasteiger partial charge is 0.134 e. The van der Waals surface area contributed by atoms with Gasteiger partial charge in [-0.2, -0.15) is 5.06 Å². The predicted octanol–water partition coefficient (Wildman–Crippen LogP) is 0.226. The van der Waals surface area contributed by atoms with Crippen LogP contribution in [0.15, 0.2) is 0 Å². The Balaban J connectivity index is 2.16. The standard InChI is InChI=1S/C5H11NO2/c1-7-5-3-4-6(5)8-2/h5H,3-4H2,1-2H3. The first-order valence-corrected chi connectivity index (χ1v) is 2.72. The molecule has 48 valence electrons. The molecule has 1 saturated heterocycles. The van der Waals surface area contributed by atoms with Crippen molar-refractivity contribution < 1.29 is 9.57 Å². The normalized spacial score (nSPS) is 30.0. The Hall–Kier alpha value is -0.120. The first-order valence-electron chi connectivity index (χ1n) is 2.72. The van der Waals surface area contributed by atoms with Crippen molar-refractivity contribution in [2.45, 2.75) is 12.6 Å². The van der Waals surface area contributed by atoms with Gasteiger partial charge in [-0.15, -0.1) is 0 Å². The largest absolute Gasteiger partial charge is 0.364 e. The lowest BCUT2D eigenvalue weighted by Gasteiger charge is -2.36. The Morgan fingerprint density at radius 3 is 2.38 bits per heavy atom. The summed E-state index contributed by atoms with van der Waals surface area (Å²) in [5.74, 6) is 0. The Kier molecular flexibility index (Phi) is 1.83. The lowest BCUT2D eigenvalue weighted by Crippen LogP contribution is -2.47. The summed E-state index contributed by atoms with van der Waals surface area (Å²) in [4.78, 5) is 4.90. The molecule has 1 aliphatic rings. The predicted molar refractivity (Wildman–Crippen MR) is 29.1 cm³/mol. The lowest BCUT2D eigenvalue weighted by atomic mass is 10.2. The van der Waals surface area contributed by atoms with Crippen LogP contribution in [0.3, 0.4) is 0 Å². The zero-order chi connectivity index (χ0) is 5.98. The molecule has 0 radical (unpaired) electrons. The van der Waals surface area contributed by atoms with Gasteiger partial charge in [0.05, 0.1) is 7.11 Å². The Morgan fingerprint density at radius 1 is 1.50 bits per heavy atom. The Morgan fingerprint density at radius 2 is 2.25 bits per heavy atom. The minimum atomic E-state index is 0.208. The van der Waals surface area contributed by atoms with E-state index >= 15 is 0 Å². The second kappa shape index (κ2) is 2.44. The van der Waals surface area contributed by atoms with Crippen LogP contribution in [0, 0.1) is 0 Å². The zero-order valence-corrected chi connectivity index (χ0v) is 5.26. The van der Waals surface area contributed by atoms with Crippen LogP contribution >= 0.6 is 0 Å². The molecule has 0 aromatic heterocycles. The number of nitrogens with zero attached hydrogens (tertiary/aromatic N) is 1. The molecule has 0 aromatic carbocycles. The molecule has 1 fully saturated rings. The maximum absolute atomic E-state index is 4.99. The summed E-state index contributed by atoms with van der Waals surface area (Å²) in [6, 6.07) is 0. The van der Waals surface area contributed by atoms with Gasteiger partial charge in [0.15, 0.2) is 0 Å². The van der Waals surface area contributed by atoms with Gasteiger partial charge in [0, 0.05) is 20.1 Å². The molecule has 0 aliphatic carbocycles. The summed E-state index contributed by atoms with van der Waals surface area (Å²) in [6.07, 6.45) is 1.30. The molecule has 1 unspecified atom stereocenters. The van der Waals surface area contributed by atoms with Crippen molar-refractivity contribution in [1.82, 2.24) is 5.06 Å². The van der Waals surface area contributed by atoms with E-state index in [9.17, 15) is 0 Å². The molecule has 0 spiro atoms. The van der Waals surface area contributed by atoms with Crippen LogP contribution < -0.4 is 0 Å². The van der Waals surface area contributed by atoms with Crippen molar-refractivity contribution in [2.24, 2.45) is 0 Å². The zero-order valence-electron chi connectivity index (χ0n) is 5.26. The fraction of sp³-hybridized carbons (Fsp3) is 1.00. The summed E-state index contributed by atoms with van der Waals surface area (Å²) in [6.45, 7) is 0.995. The van der Waals surface area contributed by atoms with Crippen LogP contribution in [-0.2, 0) is 9.57 Å². The van der Waals surface area contributed by atoms with Gasteiger partial charge in [-0.3, -0.25) is 4.84 Å². The maximum Gasteiger partial charge on any atom is 0.134 e. The summed E-state index contributed by atoms with van der Waals surface area (Å²) in [7, 11) is 3.35. The highest BCUT2D eigenvalue weighted by molar-refractivity contribution is 4.66. The van der Waals surface area contributed by atoms with E-state index in [1.165, 1.54) is 0 Å². The molecule has 0 N–H and O–H groups in total. The number of ether oxygens (including phenoxy) is 1. The lowest BCUT2D eigenvalue weighted by molar-refractivity contribution is -0.281. The van der Waals surface area contributed by atoms with E-state index in [4.69, 9.17) is 9.57 Å². The SMILES string of the molecule is COC1CCN1OC. The third-order valence-electron chi connectivity index (χ3n) is 1.42. The molecular weight excluding hydrogens is 106 g/mol. The van der Waals surface area contributed by atoms with Crippen molar-refractivity contribution >= 4 is 0 Å². The molecule has 0 saturated carbocycles. The highest BCUT2D eigenvalue weighted by Crippen LogP contribution is 2.16. The van der Waals surface area contributed by atoms with Gasteiger partial charge in [-0.25, -0.2) is 0 Å². The van der Waals surface area contributed by atoms with Crippen molar-refractivity contribution in [3.8, 4) is 0 Å². The number of hydrogen-bond donors (Lipinski definition) is 0. The molecule has 1 aliphatic heterocycles. The van der Waals surface area contributed by atoms with Gasteiger partial charge in [0.25, 0.3) is 0 Å². The number of methoxy groups -OCH3 is 1. The summed E-state index contributed by atoms with van der Waals surface area (Å²) in [5, 5.41) is 1.81. The average molecular weight is 117 g/mol. The fourth-order valence-corrected chi connectivity index (χ4v) is 0.784. The molecule has 3 nitrogen and oxygen atoms in total. The second-order valence-corrected chi connectivity index (χ2v) is 1.80. The van der Waals surface area contributed by atoms with Crippen molar-refractivity contribution in [3.63, 3.8) is 0 Å². The van der Waals surface area contributed by atoms with Crippen molar-refractivity contribution in [2.75, 3.05) is 20.8 Å². The van der Waals surface area contributed by atoms with Gasteiger partial charge in [0.2, 0.25) is 0 Å². The molecule has 1 heterocycles. The van der Waals surface area contributed by atoms with E-state index < -0.39 is 0 Å². The van der Waals surface area contributed by atoms with E-state index in [1.807, 2.05) is 0 Å². The molecular formula is C5H11NO2. The molecule has 1 rings (SSSR count). The van der Waals surface area contributed by atoms with Gasteiger partial charge >= 0.3 is 0 Å². The molecule has 0 amide bonds. The number of rotatable bonds is 2. The molecule has 0 aromatic rings. The monoisotopic (exact) mass is 117 g/mol. The molecule has 1 atom stereocenters. The minimum Gasteiger partial charge on any atom is -0.364 e. The highest BCUT2D eigenvalue weighted by Gasteiger charge is 2.27. The van der Waals surface area contributed by atoms with E-state index in [2.05, 4.69) is 0 Å². The number of hydrogen-bond acceptors (Lipinski definition) is 3. The van der Waals surface area contributed by atoms with Crippen LogP contribution in [0.4, 0.5) is 0 Å². The van der Waals surface area contributed by atoms with Gasteiger partial charge in [0.1, 0.15) is 6.23 Å². The summed E-state index contributed by atoms with van der Waals surface area (Å²) >= 11 is 0. The van der Waals surface area contributed by atoms with Crippen LogP contribution in [0.2, 0.25) is 0 Å². The Labute approximate surface area is 49.1 Å². The molecule has 8 heavy (non-hydrogen) atoms. The third kappa shape index (κ3) is 0.844. The first kappa shape index (κ1) is 6.01. The summed E-state index contributed by atoms with van der Waals surface area (Å²) in [5.41, 5.74) is 0. The van der Waals surface area contributed by atoms with E-state index in [-0.39, 0.29) is 6.23 Å². The average Bonchev–Trinajstić information content (AvgIpc) is 1.66. The third-order valence-corrected chi connectivity index (χ3v) is 1.42. The van der Waals surface area contributed by atoms with Crippen molar-refractivity contribution in [1.29, 1.82) is 0 Å². The van der Waals surface area contributed by atoms with Gasteiger partial charge < -0.3 is 4.74 Å².